The highest BCUT2D eigenvalue weighted by Crippen LogP contribution is 2.20. The fourth-order valence-corrected chi connectivity index (χ4v) is 1.53. The van der Waals surface area contributed by atoms with Crippen LogP contribution in [0.1, 0.15) is 53.9 Å². The molecule has 0 fully saturated rings. The maximum absolute atomic E-state index is 12.0. The average Bonchev–Trinajstić information content (AvgIpc) is 2.25. The first-order chi connectivity index (χ1) is 6.87. The minimum atomic E-state index is -0.495. The van der Waals surface area contributed by atoms with Crippen molar-refractivity contribution >= 4 is 5.91 Å². The summed E-state index contributed by atoms with van der Waals surface area (Å²) in [6.45, 7) is 10.2. The summed E-state index contributed by atoms with van der Waals surface area (Å²) >= 11 is 0. The van der Waals surface area contributed by atoms with Gasteiger partial charge in [-0.3, -0.25) is 4.79 Å². The SMILES string of the molecule is CCC(CC)(CC)NC(=O)C(C)(C)NC. The summed E-state index contributed by atoms with van der Waals surface area (Å²) in [5.74, 6) is 0.0792. The van der Waals surface area contributed by atoms with E-state index >= 15 is 0 Å². The van der Waals surface area contributed by atoms with Crippen LogP contribution in [0.25, 0.3) is 0 Å². The highest BCUT2D eigenvalue weighted by molar-refractivity contribution is 5.86. The van der Waals surface area contributed by atoms with Crippen molar-refractivity contribution in [2.75, 3.05) is 7.05 Å². The lowest BCUT2D eigenvalue weighted by atomic mass is 9.88. The van der Waals surface area contributed by atoms with E-state index in [0.29, 0.717) is 0 Å². The fraction of sp³-hybridized carbons (Fsp3) is 0.917. The molecule has 0 radical (unpaired) electrons. The van der Waals surface area contributed by atoms with Gasteiger partial charge in [0.05, 0.1) is 5.54 Å². The van der Waals surface area contributed by atoms with E-state index in [-0.39, 0.29) is 11.4 Å². The third kappa shape index (κ3) is 3.49. The topological polar surface area (TPSA) is 41.1 Å². The number of carbonyl (C=O) groups excluding carboxylic acids is 1. The number of amides is 1. The Bertz CT molecular complexity index is 199. The molecule has 3 nitrogen and oxygen atoms in total. The molecule has 0 spiro atoms. The monoisotopic (exact) mass is 214 g/mol. The van der Waals surface area contributed by atoms with Crippen molar-refractivity contribution in [1.82, 2.24) is 10.6 Å². The lowest BCUT2D eigenvalue weighted by Crippen LogP contribution is -2.58. The van der Waals surface area contributed by atoms with Gasteiger partial charge >= 0.3 is 0 Å². The van der Waals surface area contributed by atoms with Crippen molar-refractivity contribution < 1.29 is 4.79 Å². The zero-order chi connectivity index (χ0) is 12.1. The Labute approximate surface area is 94.0 Å². The van der Waals surface area contributed by atoms with Crippen LogP contribution in [0.4, 0.5) is 0 Å². The second-order valence-electron chi connectivity index (χ2n) is 4.67. The molecule has 3 heteroatoms. The highest BCUT2D eigenvalue weighted by atomic mass is 16.2. The summed E-state index contributed by atoms with van der Waals surface area (Å²) in [5.41, 5.74) is -0.532. The Kier molecular flexibility index (Phi) is 5.29. The van der Waals surface area contributed by atoms with Crippen molar-refractivity contribution in [2.24, 2.45) is 0 Å². The van der Waals surface area contributed by atoms with E-state index in [1.165, 1.54) is 0 Å². The predicted octanol–water partition coefficient (Wildman–Crippen LogP) is 2.07. The van der Waals surface area contributed by atoms with Gasteiger partial charge in [0.2, 0.25) is 5.91 Å². The zero-order valence-electron chi connectivity index (χ0n) is 11.0. The van der Waals surface area contributed by atoms with Crippen molar-refractivity contribution in [2.45, 2.75) is 65.0 Å². The Morgan fingerprint density at radius 1 is 1.07 bits per heavy atom. The maximum atomic E-state index is 12.0. The van der Waals surface area contributed by atoms with Crippen LogP contribution in [0.15, 0.2) is 0 Å². The molecule has 90 valence electrons. The molecule has 0 aromatic rings. The molecule has 0 rings (SSSR count). The maximum Gasteiger partial charge on any atom is 0.240 e. The van der Waals surface area contributed by atoms with E-state index in [4.69, 9.17) is 0 Å². The molecule has 2 N–H and O–H groups in total. The number of rotatable bonds is 6. The van der Waals surface area contributed by atoms with Gasteiger partial charge in [0.1, 0.15) is 0 Å². The third-order valence-corrected chi connectivity index (χ3v) is 3.60. The molecule has 0 unspecified atom stereocenters. The van der Waals surface area contributed by atoms with E-state index in [0.717, 1.165) is 19.3 Å². The summed E-state index contributed by atoms with van der Waals surface area (Å²) in [4.78, 5) is 12.0. The van der Waals surface area contributed by atoms with Crippen LogP contribution >= 0.6 is 0 Å². The molecule has 0 aliphatic carbocycles. The predicted molar refractivity (Wildman–Crippen MR) is 64.9 cm³/mol. The summed E-state index contributed by atoms with van der Waals surface area (Å²) in [6, 6.07) is 0. The van der Waals surface area contributed by atoms with Crippen molar-refractivity contribution in [3.63, 3.8) is 0 Å². The molecular weight excluding hydrogens is 188 g/mol. The van der Waals surface area contributed by atoms with Gasteiger partial charge in [0, 0.05) is 5.54 Å². The van der Waals surface area contributed by atoms with Gasteiger partial charge in [0.25, 0.3) is 0 Å². The van der Waals surface area contributed by atoms with E-state index < -0.39 is 5.54 Å². The summed E-state index contributed by atoms with van der Waals surface area (Å²) in [5, 5.41) is 6.19. The lowest BCUT2D eigenvalue weighted by molar-refractivity contribution is -0.128. The van der Waals surface area contributed by atoms with Gasteiger partial charge in [-0.15, -0.1) is 0 Å². The van der Waals surface area contributed by atoms with Crippen LogP contribution in [0.2, 0.25) is 0 Å². The Morgan fingerprint density at radius 2 is 1.47 bits per heavy atom. The molecule has 0 bridgehead atoms. The van der Waals surface area contributed by atoms with Crippen molar-refractivity contribution in [1.29, 1.82) is 0 Å². The van der Waals surface area contributed by atoms with Crippen LogP contribution in [-0.4, -0.2) is 24.0 Å². The standard InChI is InChI=1S/C12H26N2O/c1-7-12(8-2,9-3)14-10(15)11(4,5)13-6/h13H,7-9H2,1-6H3,(H,14,15). The molecule has 0 atom stereocenters. The van der Waals surface area contributed by atoms with E-state index in [1.54, 1.807) is 0 Å². The number of hydrogen-bond donors (Lipinski definition) is 2. The molecular formula is C12H26N2O. The Balaban J connectivity index is 4.62. The second kappa shape index (κ2) is 5.50. The number of carbonyl (C=O) groups is 1. The quantitative estimate of drug-likeness (QED) is 0.710. The number of likely N-dealkylation sites (N-methyl/N-ethyl adjacent to an activating group) is 1. The second-order valence-corrected chi connectivity index (χ2v) is 4.67. The van der Waals surface area contributed by atoms with Crippen molar-refractivity contribution in [3.8, 4) is 0 Å². The molecule has 0 heterocycles. The smallest absolute Gasteiger partial charge is 0.240 e. The van der Waals surface area contributed by atoms with E-state index in [2.05, 4.69) is 31.4 Å². The fourth-order valence-electron chi connectivity index (χ4n) is 1.53. The van der Waals surface area contributed by atoms with Gasteiger partial charge in [-0.2, -0.15) is 0 Å². The van der Waals surface area contributed by atoms with Crippen LogP contribution in [0, 0.1) is 0 Å². The van der Waals surface area contributed by atoms with Gasteiger partial charge in [-0.1, -0.05) is 20.8 Å². The molecule has 0 aliphatic heterocycles. The minimum absolute atomic E-state index is 0.0365. The average molecular weight is 214 g/mol. The van der Waals surface area contributed by atoms with Gasteiger partial charge in [-0.05, 0) is 40.2 Å². The van der Waals surface area contributed by atoms with E-state index in [1.807, 2.05) is 20.9 Å². The zero-order valence-corrected chi connectivity index (χ0v) is 11.0. The molecule has 0 saturated heterocycles. The highest BCUT2D eigenvalue weighted by Gasteiger charge is 2.32. The first kappa shape index (κ1) is 14.4. The molecule has 0 saturated carbocycles. The van der Waals surface area contributed by atoms with Crippen molar-refractivity contribution in [3.05, 3.63) is 0 Å². The van der Waals surface area contributed by atoms with Gasteiger partial charge in [-0.25, -0.2) is 0 Å². The van der Waals surface area contributed by atoms with Crippen LogP contribution in [0.3, 0.4) is 0 Å². The molecule has 15 heavy (non-hydrogen) atoms. The summed E-state index contributed by atoms with van der Waals surface area (Å²) in [7, 11) is 1.81. The normalized spacial score (nSPS) is 12.7. The van der Waals surface area contributed by atoms with E-state index in [9.17, 15) is 4.79 Å². The molecule has 1 amide bonds. The number of nitrogens with one attached hydrogen (secondary N) is 2. The first-order valence-electron chi connectivity index (χ1n) is 5.89. The minimum Gasteiger partial charge on any atom is -0.349 e. The summed E-state index contributed by atoms with van der Waals surface area (Å²) < 4.78 is 0. The lowest BCUT2D eigenvalue weighted by Gasteiger charge is -2.35. The van der Waals surface area contributed by atoms with Gasteiger partial charge < -0.3 is 10.6 Å². The molecule has 0 aromatic carbocycles. The Hall–Kier alpha value is -0.570. The Morgan fingerprint density at radius 3 is 1.73 bits per heavy atom. The first-order valence-corrected chi connectivity index (χ1v) is 5.89. The number of hydrogen-bond acceptors (Lipinski definition) is 2. The molecule has 0 aromatic heterocycles. The van der Waals surface area contributed by atoms with Crippen LogP contribution < -0.4 is 10.6 Å². The van der Waals surface area contributed by atoms with Crippen LogP contribution in [-0.2, 0) is 4.79 Å². The van der Waals surface area contributed by atoms with Crippen LogP contribution in [0.5, 0.6) is 0 Å². The summed E-state index contributed by atoms with van der Waals surface area (Å²) in [6.07, 6.45) is 2.93. The third-order valence-electron chi connectivity index (χ3n) is 3.60. The van der Waals surface area contributed by atoms with Gasteiger partial charge in [0.15, 0.2) is 0 Å². The molecule has 0 aliphatic rings. The largest absolute Gasteiger partial charge is 0.349 e.